The van der Waals surface area contributed by atoms with Crippen molar-refractivity contribution in [2.24, 2.45) is 29.1 Å². The van der Waals surface area contributed by atoms with E-state index in [4.69, 9.17) is 0 Å². The molecule has 0 aromatic carbocycles. The first-order chi connectivity index (χ1) is 10.9. The van der Waals surface area contributed by atoms with Gasteiger partial charge in [-0.2, -0.15) is 0 Å². The van der Waals surface area contributed by atoms with Gasteiger partial charge in [0.1, 0.15) is 0 Å². The maximum absolute atomic E-state index is 13.0. The van der Waals surface area contributed by atoms with Gasteiger partial charge in [0, 0.05) is 5.92 Å². The summed E-state index contributed by atoms with van der Waals surface area (Å²) in [6.07, 6.45) is 3.81. The molecular weight excluding hydrogens is 304 g/mol. The Kier molecular flexibility index (Phi) is 3.89. The van der Waals surface area contributed by atoms with Crippen molar-refractivity contribution in [1.29, 1.82) is 0 Å². The first-order valence-electron chi connectivity index (χ1n) is 9.13. The smallest absolute Gasteiger partial charge is 0.171 e. The zero-order chi connectivity index (χ0) is 18.1. The Morgan fingerprint density at radius 2 is 1.75 bits per heavy atom. The molecule has 24 heavy (non-hydrogen) atoms. The Morgan fingerprint density at radius 3 is 2.38 bits per heavy atom. The highest BCUT2D eigenvalue weighted by atomic mass is 16.3. The largest absolute Gasteiger partial charge is 0.390 e. The van der Waals surface area contributed by atoms with E-state index >= 15 is 0 Å². The molecule has 0 aromatic heterocycles. The minimum absolute atomic E-state index is 0.131. The van der Waals surface area contributed by atoms with Gasteiger partial charge in [0.15, 0.2) is 17.2 Å². The molecule has 0 heterocycles. The van der Waals surface area contributed by atoms with Gasteiger partial charge in [0.05, 0.1) is 11.5 Å². The standard InChI is InChI=1S/C20H30O4/c1-11-8-14-13(18(14,3)4)6-7-19(5,23)10-15-16(21)12(2)9-20(15,24)17(11)22/h9,11,13-15,23-24H,6-8,10H2,1-5H3/t11-,13+,14-,15+,19+,20-/m1/s1. The number of ketones is 2. The minimum atomic E-state index is -1.76. The van der Waals surface area contributed by atoms with E-state index in [0.29, 0.717) is 23.8 Å². The molecule has 0 aromatic rings. The highest BCUT2D eigenvalue weighted by Gasteiger charge is 2.60. The summed E-state index contributed by atoms with van der Waals surface area (Å²) in [4.78, 5) is 25.5. The minimum Gasteiger partial charge on any atom is -0.390 e. The molecule has 3 aliphatic carbocycles. The lowest BCUT2D eigenvalue weighted by molar-refractivity contribution is -0.147. The summed E-state index contributed by atoms with van der Waals surface area (Å²) in [6, 6.07) is 0. The molecular formula is C20H30O4. The van der Waals surface area contributed by atoms with E-state index in [1.807, 2.05) is 6.92 Å². The zero-order valence-corrected chi connectivity index (χ0v) is 15.4. The molecule has 0 saturated heterocycles. The molecule has 0 radical (unpaired) electrons. The maximum Gasteiger partial charge on any atom is 0.171 e. The van der Waals surface area contributed by atoms with E-state index in [1.54, 1.807) is 13.8 Å². The Balaban J connectivity index is 1.98. The molecule has 134 valence electrons. The van der Waals surface area contributed by atoms with Crippen LogP contribution in [0.1, 0.15) is 60.3 Å². The van der Waals surface area contributed by atoms with Crippen LogP contribution in [0.3, 0.4) is 0 Å². The maximum atomic E-state index is 13.0. The van der Waals surface area contributed by atoms with Crippen molar-refractivity contribution in [3.05, 3.63) is 11.6 Å². The summed E-state index contributed by atoms with van der Waals surface area (Å²) in [5.41, 5.74) is -2.20. The number of hydrogen-bond donors (Lipinski definition) is 2. The van der Waals surface area contributed by atoms with Crippen molar-refractivity contribution in [3.8, 4) is 0 Å². The quantitative estimate of drug-likeness (QED) is 0.714. The molecule has 0 aliphatic heterocycles. The molecule has 0 spiro atoms. The Morgan fingerprint density at radius 1 is 1.12 bits per heavy atom. The number of hydrogen-bond acceptors (Lipinski definition) is 4. The van der Waals surface area contributed by atoms with Gasteiger partial charge in [0.25, 0.3) is 0 Å². The van der Waals surface area contributed by atoms with Crippen molar-refractivity contribution in [1.82, 2.24) is 0 Å². The fourth-order valence-corrected chi connectivity index (χ4v) is 5.26. The predicted octanol–water partition coefficient (Wildman–Crippen LogP) is 2.67. The normalized spacial score (nSPS) is 48.2. The second kappa shape index (κ2) is 5.25. The number of allylic oxidation sites excluding steroid dienone is 1. The summed E-state index contributed by atoms with van der Waals surface area (Å²) >= 11 is 0. The average Bonchev–Trinajstić information content (AvgIpc) is 2.91. The summed E-state index contributed by atoms with van der Waals surface area (Å²) in [7, 11) is 0. The Labute approximate surface area is 144 Å². The predicted molar refractivity (Wildman–Crippen MR) is 91.2 cm³/mol. The van der Waals surface area contributed by atoms with Crippen LogP contribution >= 0.6 is 0 Å². The Bertz CT molecular complexity index is 615. The lowest BCUT2D eigenvalue weighted by atomic mass is 9.74. The molecule has 2 N–H and O–H groups in total. The topological polar surface area (TPSA) is 74.6 Å². The third-order valence-electron chi connectivity index (χ3n) is 7.05. The molecule has 0 bridgehead atoms. The van der Waals surface area contributed by atoms with Gasteiger partial charge in [-0.25, -0.2) is 0 Å². The summed E-state index contributed by atoms with van der Waals surface area (Å²) in [5.74, 6) is -0.677. The van der Waals surface area contributed by atoms with Gasteiger partial charge < -0.3 is 10.2 Å². The summed E-state index contributed by atoms with van der Waals surface area (Å²) in [5, 5.41) is 21.9. The molecule has 0 amide bonds. The molecule has 6 atom stereocenters. The number of carbonyl (C=O) groups is 2. The van der Waals surface area contributed by atoms with Crippen LogP contribution in [0.2, 0.25) is 0 Å². The third-order valence-corrected chi connectivity index (χ3v) is 7.05. The van der Waals surface area contributed by atoms with Crippen molar-refractivity contribution < 1.29 is 19.8 Å². The number of Topliss-reactive ketones (excluding diaryl/α,β-unsaturated/α-hetero) is 2. The van der Waals surface area contributed by atoms with Crippen LogP contribution in [0.25, 0.3) is 0 Å². The van der Waals surface area contributed by atoms with Crippen molar-refractivity contribution >= 4 is 11.6 Å². The highest BCUT2D eigenvalue weighted by Crippen LogP contribution is 2.63. The van der Waals surface area contributed by atoms with Gasteiger partial charge in [-0.3, -0.25) is 9.59 Å². The van der Waals surface area contributed by atoms with Crippen molar-refractivity contribution in [3.63, 3.8) is 0 Å². The van der Waals surface area contributed by atoms with Crippen LogP contribution in [0, 0.1) is 29.1 Å². The second-order valence-electron chi connectivity index (χ2n) is 9.34. The Hall–Kier alpha value is -1.00. The lowest BCUT2D eigenvalue weighted by Crippen LogP contribution is -2.49. The summed E-state index contributed by atoms with van der Waals surface area (Å²) < 4.78 is 0. The molecule has 4 heteroatoms. The van der Waals surface area contributed by atoms with Crippen LogP contribution in [0.4, 0.5) is 0 Å². The second-order valence-corrected chi connectivity index (χ2v) is 9.34. The van der Waals surface area contributed by atoms with Crippen LogP contribution in [-0.2, 0) is 9.59 Å². The fourth-order valence-electron chi connectivity index (χ4n) is 5.26. The van der Waals surface area contributed by atoms with Gasteiger partial charge in [-0.1, -0.05) is 20.8 Å². The van der Waals surface area contributed by atoms with E-state index < -0.39 is 17.1 Å². The number of aliphatic hydroxyl groups is 2. The van der Waals surface area contributed by atoms with Crippen LogP contribution in [0.5, 0.6) is 0 Å². The van der Waals surface area contributed by atoms with Crippen LogP contribution in [0.15, 0.2) is 11.6 Å². The first-order valence-corrected chi connectivity index (χ1v) is 9.13. The molecule has 3 rings (SSSR count). The monoisotopic (exact) mass is 334 g/mol. The van der Waals surface area contributed by atoms with E-state index in [-0.39, 0.29) is 29.3 Å². The number of rotatable bonds is 0. The fraction of sp³-hybridized carbons (Fsp3) is 0.800. The van der Waals surface area contributed by atoms with Crippen molar-refractivity contribution in [2.45, 2.75) is 71.5 Å². The van der Waals surface area contributed by atoms with E-state index in [9.17, 15) is 19.8 Å². The van der Waals surface area contributed by atoms with E-state index in [0.717, 1.165) is 12.8 Å². The SMILES string of the molecule is CC1=C[C@]2(O)C(=O)[C@H](C)C[C@@H]3[C@H](CC[C@](C)(O)C[C@H]2C1=O)C3(C)C. The molecule has 0 unspecified atom stereocenters. The van der Waals surface area contributed by atoms with Gasteiger partial charge >= 0.3 is 0 Å². The first kappa shape index (κ1) is 17.8. The van der Waals surface area contributed by atoms with Crippen LogP contribution in [-0.4, -0.2) is 33.0 Å². The number of fused-ring (bicyclic) bond motifs is 2. The van der Waals surface area contributed by atoms with Crippen LogP contribution < -0.4 is 0 Å². The average molecular weight is 334 g/mol. The molecule has 2 fully saturated rings. The van der Waals surface area contributed by atoms with E-state index in [2.05, 4.69) is 13.8 Å². The molecule has 3 aliphatic rings. The number of carbonyl (C=O) groups excluding carboxylic acids is 2. The lowest BCUT2D eigenvalue weighted by Gasteiger charge is -2.34. The molecule has 4 nitrogen and oxygen atoms in total. The third kappa shape index (κ3) is 2.59. The van der Waals surface area contributed by atoms with Crippen molar-refractivity contribution in [2.75, 3.05) is 0 Å². The zero-order valence-electron chi connectivity index (χ0n) is 15.4. The van der Waals surface area contributed by atoms with E-state index in [1.165, 1.54) is 6.08 Å². The highest BCUT2D eigenvalue weighted by molar-refractivity contribution is 6.08. The molecule has 2 saturated carbocycles. The van der Waals surface area contributed by atoms with Gasteiger partial charge in [-0.05, 0) is 68.4 Å². The van der Waals surface area contributed by atoms with Gasteiger partial charge in [0.2, 0.25) is 0 Å². The van der Waals surface area contributed by atoms with Gasteiger partial charge in [-0.15, -0.1) is 0 Å². The summed E-state index contributed by atoms with van der Waals surface area (Å²) in [6.45, 7) is 9.68.